The minimum Gasteiger partial charge on any atom is -0.464 e. The first-order valence-corrected chi connectivity index (χ1v) is 5.72. The van der Waals surface area contributed by atoms with Crippen LogP contribution in [0.1, 0.15) is 22.0 Å². The van der Waals surface area contributed by atoms with Gasteiger partial charge in [-0.05, 0) is 19.1 Å². The maximum absolute atomic E-state index is 12.0. The molecule has 2 aromatic heterocycles. The predicted molar refractivity (Wildman–Crippen MR) is 66.3 cm³/mol. The van der Waals surface area contributed by atoms with Gasteiger partial charge >= 0.3 is 0 Å². The van der Waals surface area contributed by atoms with Gasteiger partial charge in [-0.25, -0.2) is 9.97 Å². The van der Waals surface area contributed by atoms with E-state index >= 15 is 0 Å². The lowest BCUT2D eigenvalue weighted by Gasteiger charge is -2.14. The summed E-state index contributed by atoms with van der Waals surface area (Å²) in [5, 5.41) is 0.260. The van der Waals surface area contributed by atoms with Gasteiger partial charge in [0.05, 0.1) is 18.9 Å². The molecule has 0 radical (unpaired) electrons. The van der Waals surface area contributed by atoms with Crippen LogP contribution in [0.4, 0.5) is 0 Å². The smallest absolute Gasteiger partial charge is 0.274 e. The fourth-order valence-electron chi connectivity index (χ4n) is 1.49. The van der Waals surface area contributed by atoms with E-state index in [4.69, 9.17) is 16.0 Å². The second kappa shape index (κ2) is 5.18. The van der Waals surface area contributed by atoms with Crippen LogP contribution in [-0.4, -0.2) is 27.8 Å². The third-order valence-corrected chi connectivity index (χ3v) is 2.57. The largest absolute Gasteiger partial charge is 0.464 e. The lowest BCUT2D eigenvalue weighted by Crippen LogP contribution is -2.26. The van der Waals surface area contributed by atoms with Crippen LogP contribution in [0.2, 0.25) is 5.15 Å². The van der Waals surface area contributed by atoms with Crippen LogP contribution >= 0.6 is 11.6 Å². The molecular weight excluding hydrogens is 254 g/mol. The van der Waals surface area contributed by atoms with Crippen molar-refractivity contribution in [3.05, 3.63) is 46.9 Å². The summed E-state index contributed by atoms with van der Waals surface area (Å²) in [6.07, 6.45) is 2.70. The van der Waals surface area contributed by atoms with Crippen LogP contribution in [0.25, 0.3) is 0 Å². The van der Waals surface area contributed by atoms with Gasteiger partial charge in [-0.2, -0.15) is 0 Å². The minimum atomic E-state index is -0.229. The van der Waals surface area contributed by atoms with E-state index in [0.717, 1.165) is 11.5 Å². The molecule has 0 spiro atoms. The van der Waals surface area contributed by atoms with Crippen molar-refractivity contribution in [2.24, 2.45) is 0 Å². The van der Waals surface area contributed by atoms with Crippen molar-refractivity contribution in [3.63, 3.8) is 0 Å². The lowest BCUT2D eigenvalue weighted by atomic mass is 10.3. The number of amides is 1. The van der Waals surface area contributed by atoms with E-state index < -0.39 is 0 Å². The Morgan fingerprint density at radius 1 is 1.39 bits per heavy atom. The highest BCUT2D eigenvalue weighted by Gasteiger charge is 2.15. The summed E-state index contributed by atoms with van der Waals surface area (Å²) in [7, 11) is 1.68. The fourth-order valence-corrected chi connectivity index (χ4v) is 1.59. The SMILES string of the molecule is Cc1ccc(CN(C)C(=O)c2cnc(Cl)cn2)o1. The number of carbonyl (C=O) groups is 1. The number of nitrogens with zero attached hydrogens (tertiary/aromatic N) is 3. The number of halogens is 1. The summed E-state index contributed by atoms with van der Waals surface area (Å²) in [5.74, 6) is 1.32. The topological polar surface area (TPSA) is 59.2 Å². The molecule has 0 unspecified atom stereocenters. The molecule has 0 saturated heterocycles. The zero-order chi connectivity index (χ0) is 13.1. The van der Waals surface area contributed by atoms with Gasteiger partial charge in [0.15, 0.2) is 0 Å². The Bertz CT molecular complexity index is 551. The Hall–Kier alpha value is -1.88. The van der Waals surface area contributed by atoms with Crippen molar-refractivity contribution in [3.8, 4) is 0 Å². The van der Waals surface area contributed by atoms with E-state index in [1.807, 2.05) is 19.1 Å². The van der Waals surface area contributed by atoms with Crippen molar-refractivity contribution >= 4 is 17.5 Å². The average Bonchev–Trinajstić information content (AvgIpc) is 2.75. The molecule has 0 aliphatic carbocycles. The molecule has 0 aliphatic heterocycles. The summed E-state index contributed by atoms with van der Waals surface area (Å²) in [4.78, 5) is 21.3. The van der Waals surface area contributed by atoms with Crippen molar-refractivity contribution in [2.75, 3.05) is 7.05 Å². The molecule has 0 saturated carbocycles. The highest BCUT2D eigenvalue weighted by Crippen LogP contribution is 2.10. The standard InChI is InChI=1S/C12H12ClN3O2/c1-8-3-4-9(18-8)7-16(2)12(17)10-5-15-11(13)6-14-10/h3-6H,7H2,1-2H3. The van der Waals surface area contributed by atoms with Gasteiger partial charge in [0, 0.05) is 7.05 Å². The van der Waals surface area contributed by atoms with Crippen LogP contribution in [-0.2, 0) is 6.54 Å². The van der Waals surface area contributed by atoms with Gasteiger partial charge in [0.2, 0.25) is 0 Å². The normalized spacial score (nSPS) is 10.4. The van der Waals surface area contributed by atoms with E-state index in [2.05, 4.69) is 9.97 Å². The lowest BCUT2D eigenvalue weighted by molar-refractivity contribution is 0.0768. The summed E-state index contributed by atoms with van der Waals surface area (Å²) >= 11 is 5.61. The summed E-state index contributed by atoms with van der Waals surface area (Å²) in [6, 6.07) is 3.70. The summed E-state index contributed by atoms with van der Waals surface area (Å²) in [6.45, 7) is 2.24. The first-order valence-electron chi connectivity index (χ1n) is 5.34. The Kier molecular flexibility index (Phi) is 3.62. The first kappa shape index (κ1) is 12.6. The molecular formula is C12H12ClN3O2. The summed E-state index contributed by atoms with van der Waals surface area (Å²) < 4.78 is 5.41. The zero-order valence-corrected chi connectivity index (χ0v) is 10.8. The molecule has 0 atom stereocenters. The number of aryl methyl sites for hydroxylation is 1. The average molecular weight is 266 g/mol. The quantitative estimate of drug-likeness (QED) is 0.854. The zero-order valence-electron chi connectivity index (χ0n) is 10.1. The van der Waals surface area contributed by atoms with Gasteiger partial charge in [0.1, 0.15) is 22.4 Å². The Balaban J connectivity index is 2.07. The molecule has 2 heterocycles. The molecule has 0 fully saturated rings. The van der Waals surface area contributed by atoms with Crippen molar-refractivity contribution < 1.29 is 9.21 Å². The number of carbonyl (C=O) groups excluding carboxylic acids is 1. The maximum Gasteiger partial charge on any atom is 0.274 e. The highest BCUT2D eigenvalue weighted by molar-refractivity contribution is 6.29. The molecule has 5 nitrogen and oxygen atoms in total. The highest BCUT2D eigenvalue weighted by atomic mass is 35.5. The molecule has 1 amide bonds. The second-order valence-corrected chi connectivity index (χ2v) is 4.29. The van der Waals surface area contributed by atoms with Gasteiger partial charge in [0.25, 0.3) is 5.91 Å². The molecule has 18 heavy (non-hydrogen) atoms. The van der Waals surface area contributed by atoms with Crippen molar-refractivity contribution in [1.29, 1.82) is 0 Å². The number of rotatable bonds is 3. The third kappa shape index (κ3) is 2.87. The van der Waals surface area contributed by atoms with Crippen LogP contribution in [0.15, 0.2) is 28.9 Å². The van der Waals surface area contributed by atoms with Gasteiger partial charge in [-0.3, -0.25) is 4.79 Å². The van der Waals surface area contributed by atoms with Crippen LogP contribution < -0.4 is 0 Å². The predicted octanol–water partition coefficient (Wildman–Crippen LogP) is 2.30. The third-order valence-electron chi connectivity index (χ3n) is 2.38. The maximum atomic E-state index is 12.0. The molecule has 0 aliphatic rings. The van der Waals surface area contributed by atoms with Gasteiger partial charge in [-0.15, -0.1) is 0 Å². The molecule has 6 heteroatoms. The van der Waals surface area contributed by atoms with Gasteiger partial charge in [-0.1, -0.05) is 11.6 Å². The summed E-state index contributed by atoms with van der Waals surface area (Å²) in [5.41, 5.74) is 0.255. The van der Waals surface area contributed by atoms with E-state index in [1.165, 1.54) is 17.3 Å². The van der Waals surface area contributed by atoms with E-state index in [0.29, 0.717) is 6.54 Å². The molecule has 2 rings (SSSR count). The van der Waals surface area contributed by atoms with Crippen LogP contribution in [0.3, 0.4) is 0 Å². The van der Waals surface area contributed by atoms with E-state index in [9.17, 15) is 4.79 Å². The van der Waals surface area contributed by atoms with E-state index in [1.54, 1.807) is 7.05 Å². The van der Waals surface area contributed by atoms with E-state index in [-0.39, 0.29) is 16.8 Å². The molecule has 2 aromatic rings. The van der Waals surface area contributed by atoms with Crippen LogP contribution in [0.5, 0.6) is 0 Å². The Labute approximate surface area is 109 Å². The van der Waals surface area contributed by atoms with Crippen molar-refractivity contribution in [2.45, 2.75) is 13.5 Å². The first-order chi connectivity index (χ1) is 8.56. The van der Waals surface area contributed by atoms with Crippen LogP contribution in [0, 0.1) is 6.92 Å². The number of hydrogen-bond acceptors (Lipinski definition) is 4. The minimum absolute atomic E-state index is 0.229. The number of aromatic nitrogens is 2. The molecule has 0 aromatic carbocycles. The number of hydrogen-bond donors (Lipinski definition) is 0. The van der Waals surface area contributed by atoms with Gasteiger partial charge < -0.3 is 9.32 Å². The fraction of sp³-hybridized carbons (Fsp3) is 0.250. The Morgan fingerprint density at radius 2 is 2.17 bits per heavy atom. The monoisotopic (exact) mass is 265 g/mol. The van der Waals surface area contributed by atoms with Crippen molar-refractivity contribution in [1.82, 2.24) is 14.9 Å². The number of furan rings is 1. The second-order valence-electron chi connectivity index (χ2n) is 3.90. The molecule has 0 bridgehead atoms. The molecule has 94 valence electrons. The molecule has 0 N–H and O–H groups in total. The Morgan fingerprint density at radius 3 is 2.72 bits per heavy atom.